The fourth-order valence-electron chi connectivity index (χ4n) is 0.991. The smallest absolute Gasteiger partial charge is 0.0437 e. The van der Waals surface area contributed by atoms with Crippen molar-refractivity contribution in [3.8, 4) is 0 Å². The molecule has 0 aliphatic carbocycles. The summed E-state index contributed by atoms with van der Waals surface area (Å²) in [6, 6.07) is 1.86. The van der Waals surface area contributed by atoms with Gasteiger partial charge < -0.3 is 11.5 Å². The van der Waals surface area contributed by atoms with Crippen LogP contribution in [0.15, 0.2) is 18.5 Å². The number of nitrogens with zero attached hydrogens (tertiary/aromatic N) is 1. The van der Waals surface area contributed by atoms with Gasteiger partial charge >= 0.3 is 0 Å². The Morgan fingerprint density at radius 2 is 2.36 bits per heavy atom. The van der Waals surface area contributed by atoms with E-state index in [9.17, 15) is 0 Å². The molecule has 1 heterocycles. The molecule has 3 nitrogen and oxygen atoms in total. The first-order chi connectivity index (χ1) is 5.25. The maximum absolute atomic E-state index is 5.73. The number of pyridine rings is 1. The van der Waals surface area contributed by atoms with E-state index in [2.05, 4.69) is 4.98 Å². The zero-order chi connectivity index (χ0) is 8.27. The Balaban J connectivity index is 2.93. The molecule has 0 bridgehead atoms. The van der Waals surface area contributed by atoms with Crippen molar-refractivity contribution in [1.82, 2.24) is 4.98 Å². The van der Waals surface area contributed by atoms with E-state index in [-0.39, 0.29) is 6.04 Å². The van der Waals surface area contributed by atoms with Crippen LogP contribution in [0.2, 0.25) is 0 Å². The van der Waals surface area contributed by atoms with Gasteiger partial charge in [-0.15, -0.1) is 0 Å². The number of hydrogen-bond acceptors (Lipinski definition) is 3. The van der Waals surface area contributed by atoms with Crippen LogP contribution in [0.3, 0.4) is 0 Å². The maximum atomic E-state index is 5.73. The summed E-state index contributed by atoms with van der Waals surface area (Å²) >= 11 is 0. The van der Waals surface area contributed by atoms with Gasteiger partial charge in [-0.2, -0.15) is 0 Å². The van der Waals surface area contributed by atoms with Gasteiger partial charge in [0.2, 0.25) is 0 Å². The molecular weight excluding hydrogens is 138 g/mol. The summed E-state index contributed by atoms with van der Waals surface area (Å²) in [5.74, 6) is 0. The van der Waals surface area contributed by atoms with Gasteiger partial charge in [0.15, 0.2) is 0 Å². The van der Waals surface area contributed by atoms with Gasteiger partial charge in [0.1, 0.15) is 0 Å². The van der Waals surface area contributed by atoms with Gasteiger partial charge in [-0.05, 0) is 24.1 Å². The van der Waals surface area contributed by atoms with Gasteiger partial charge in [-0.1, -0.05) is 0 Å². The largest absolute Gasteiger partial charge is 0.329 e. The second-order valence-electron chi connectivity index (χ2n) is 2.57. The molecule has 0 saturated carbocycles. The molecule has 3 heteroatoms. The zero-order valence-electron chi connectivity index (χ0n) is 6.62. The van der Waals surface area contributed by atoms with Crippen LogP contribution >= 0.6 is 0 Å². The molecule has 0 fully saturated rings. The predicted octanol–water partition coefficient (Wildman–Crippen LogP) is 0.349. The molecule has 4 N–H and O–H groups in total. The number of nitrogens with two attached hydrogens (primary N) is 2. The Morgan fingerprint density at radius 3 is 2.91 bits per heavy atom. The third-order valence-corrected chi connectivity index (χ3v) is 1.73. The van der Waals surface area contributed by atoms with Crippen LogP contribution in [0.1, 0.15) is 17.2 Å². The van der Waals surface area contributed by atoms with E-state index >= 15 is 0 Å². The van der Waals surface area contributed by atoms with Crippen LogP contribution in [0, 0.1) is 6.92 Å². The number of rotatable bonds is 2. The van der Waals surface area contributed by atoms with Gasteiger partial charge in [-0.25, -0.2) is 0 Å². The first-order valence-electron chi connectivity index (χ1n) is 3.62. The first kappa shape index (κ1) is 8.17. The van der Waals surface area contributed by atoms with Crippen molar-refractivity contribution in [2.45, 2.75) is 13.0 Å². The van der Waals surface area contributed by atoms with Gasteiger partial charge in [0.05, 0.1) is 0 Å². The Hall–Kier alpha value is -0.930. The summed E-state index contributed by atoms with van der Waals surface area (Å²) < 4.78 is 0. The lowest BCUT2D eigenvalue weighted by atomic mass is 10.1. The summed E-state index contributed by atoms with van der Waals surface area (Å²) in [4.78, 5) is 3.98. The molecule has 0 spiro atoms. The van der Waals surface area contributed by atoms with Gasteiger partial charge in [0.25, 0.3) is 0 Å². The van der Waals surface area contributed by atoms with Crippen LogP contribution in [0.4, 0.5) is 0 Å². The fraction of sp³-hybridized carbons (Fsp3) is 0.375. The van der Waals surface area contributed by atoms with Crippen molar-refractivity contribution >= 4 is 0 Å². The highest BCUT2D eigenvalue weighted by molar-refractivity contribution is 5.24. The summed E-state index contributed by atoms with van der Waals surface area (Å²) in [5, 5.41) is 0. The average molecular weight is 151 g/mol. The average Bonchev–Trinajstić information content (AvgIpc) is 2.04. The summed E-state index contributed by atoms with van der Waals surface area (Å²) in [6.45, 7) is 2.47. The Bertz CT molecular complexity index is 235. The molecule has 11 heavy (non-hydrogen) atoms. The third kappa shape index (κ3) is 1.76. The van der Waals surface area contributed by atoms with Crippen LogP contribution in [0.5, 0.6) is 0 Å². The maximum Gasteiger partial charge on any atom is 0.0437 e. The lowest BCUT2D eigenvalue weighted by Gasteiger charge is -2.10. The monoisotopic (exact) mass is 151 g/mol. The highest BCUT2D eigenvalue weighted by atomic mass is 14.7. The minimum atomic E-state index is -0.0799. The number of aromatic nitrogens is 1. The normalized spacial score (nSPS) is 13.0. The number of hydrogen-bond donors (Lipinski definition) is 2. The fourth-order valence-corrected chi connectivity index (χ4v) is 0.991. The minimum absolute atomic E-state index is 0.0799. The van der Waals surface area contributed by atoms with E-state index in [0.717, 1.165) is 11.1 Å². The van der Waals surface area contributed by atoms with Crippen molar-refractivity contribution < 1.29 is 0 Å². The van der Waals surface area contributed by atoms with E-state index in [4.69, 9.17) is 11.5 Å². The standard InChI is InChI=1S/C8H13N3/c1-6-2-3-11-5-7(6)8(10)4-9/h2-3,5,8H,4,9-10H2,1H3/t8-/m0/s1. The SMILES string of the molecule is Cc1ccncc1[C@@H](N)CN. The van der Waals surface area contributed by atoms with Crippen molar-refractivity contribution in [2.75, 3.05) is 6.54 Å². The molecule has 0 aromatic carbocycles. The third-order valence-electron chi connectivity index (χ3n) is 1.73. The molecule has 1 aromatic heterocycles. The molecule has 0 aliphatic rings. The lowest BCUT2D eigenvalue weighted by molar-refractivity contribution is 0.727. The van der Waals surface area contributed by atoms with E-state index in [0.29, 0.717) is 6.54 Å². The van der Waals surface area contributed by atoms with Gasteiger partial charge in [-0.3, -0.25) is 4.98 Å². The van der Waals surface area contributed by atoms with Crippen molar-refractivity contribution in [3.63, 3.8) is 0 Å². The molecule has 1 aromatic rings. The van der Waals surface area contributed by atoms with Crippen LogP contribution in [-0.4, -0.2) is 11.5 Å². The molecule has 0 unspecified atom stereocenters. The van der Waals surface area contributed by atoms with Crippen LogP contribution < -0.4 is 11.5 Å². The molecule has 0 amide bonds. The zero-order valence-corrected chi connectivity index (χ0v) is 6.62. The van der Waals surface area contributed by atoms with E-state index in [1.165, 1.54) is 0 Å². The van der Waals surface area contributed by atoms with Crippen molar-refractivity contribution in [3.05, 3.63) is 29.6 Å². The molecule has 0 saturated heterocycles. The van der Waals surface area contributed by atoms with Crippen molar-refractivity contribution in [1.29, 1.82) is 0 Å². The Morgan fingerprint density at radius 1 is 1.64 bits per heavy atom. The predicted molar refractivity (Wildman–Crippen MR) is 45.0 cm³/mol. The molecule has 60 valence electrons. The second-order valence-corrected chi connectivity index (χ2v) is 2.57. The topological polar surface area (TPSA) is 64.9 Å². The quantitative estimate of drug-likeness (QED) is 0.641. The molecular formula is C8H13N3. The Labute approximate surface area is 66.4 Å². The van der Waals surface area contributed by atoms with E-state index in [1.807, 2.05) is 13.0 Å². The first-order valence-corrected chi connectivity index (χ1v) is 3.62. The van der Waals surface area contributed by atoms with Gasteiger partial charge in [0, 0.05) is 25.0 Å². The molecule has 0 radical (unpaired) electrons. The summed E-state index contributed by atoms with van der Waals surface area (Å²) in [5.41, 5.74) is 13.3. The summed E-state index contributed by atoms with van der Waals surface area (Å²) in [6.07, 6.45) is 3.52. The van der Waals surface area contributed by atoms with Crippen molar-refractivity contribution in [2.24, 2.45) is 11.5 Å². The molecule has 0 aliphatic heterocycles. The van der Waals surface area contributed by atoms with Crippen LogP contribution in [-0.2, 0) is 0 Å². The number of aryl methyl sites for hydroxylation is 1. The highest BCUT2D eigenvalue weighted by Crippen LogP contribution is 2.11. The minimum Gasteiger partial charge on any atom is -0.329 e. The molecule has 1 atom stereocenters. The van der Waals surface area contributed by atoms with Crippen LogP contribution in [0.25, 0.3) is 0 Å². The molecule has 1 rings (SSSR count). The van der Waals surface area contributed by atoms with E-state index < -0.39 is 0 Å². The lowest BCUT2D eigenvalue weighted by Crippen LogP contribution is -2.21. The Kier molecular flexibility index (Phi) is 2.57. The highest BCUT2D eigenvalue weighted by Gasteiger charge is 2.05. The summed E-state index contributed by atoms with van der Waals surface area (Å²) in [7, 11) is 0. The van der Waals surface area contributed by atoms with E-state index in [1.54, 1.807) is 12.4 Å². The second kappa shape index (κ2) is 3.46.